The van der Waals surface area contributed by atoms with Gasteiger partial charge in [-0.2, -0.15) is 5.10 Å². The molecule has 0 aliphatic heterocycles. The lowest BCUT2D eigenvalue weighted by Gasteiger charge is -1.90. The number of carboxylic acid groups (broad SMARTS) is 1. The maximum absolute atomic E-state index is 9.95. The van der Waals surface area contributed by atoms with Gasteiger partial charge in [0.15, 0.2) is 0 Å². The van der Waals surface area contributed by atoms with E-state index in [0.717, 1.165) is 5.56 Å². The van der Waals surface area contributed by atoms with Gasteiger partial charge in [-0.15, -0.1) is 0 Å². The van der Waals surface area contributed by atoms with Crippen LogP contribution in [0.2, 0.25) is 0 Å². The van der Waals surface area contributed by atoms with Crippen molar-refractivity contribution < 1.29 is 15.4 Å². The fourth-order valence-electron chi connectivity index (χ4n) is 0.612. The largest absolute Gasteiger partial charge is 0.464 e. The van der Waals surface area contributed by atoms with E-state index in [-0.39, 0.29) is 5.48 Å². The number of aromatic nitrogens is 1. The molecule has 70 valence electrons. The van der Waals surface area contributed by atoms with Crippen LogP contribution in [-0.2, 0) is 0 Å². The van der Waals surface area contributed by atoms with Gasteiger partial charge in [0, 0.05) is 12.4 Å². The fourth-order valence-corrected chi connectivity index (χ4v) is 0.612. The fraction of sp³-hybridized carbons (Fsp3) is 0. The molecule has 1 heterocycles. The monoisotopic (exact) mass is 183 g/mol. The SMILES string of the molecule is O.O=C(O)N/N=C/c1ccncc1. The van der Waals surface area contributed by atoms with Gasteiger partial charge in [-0.3, -0.25) is 4.98 Å². The maximum Gasteiger partial charge on any atom is 0.425 e. The maximum atomic E-state index is 9.95. The minimum atomic E-state index is -1.18. The predicted octanol–water partition coefficient (Wildman–Crippen LogP) is -0.142. The lowest BCUT2D eigenvalue weighted by molar-refractivity contribution is 0.195. The summed E-state index contributed by atoms with van der Waals surface area (Å²) in [7, 11) is 0. The highest BCUT2D eigenvalue weighted by Gasteiger charge is 1.87. The first-order valence-electron chi connectivity index (χ1n) is 3.21. The summed E-state index contributed by atoms with van der Waals surface area (Å²) in [6.07, 6.45) is 3.42. The van der Waals surface area contributed by atoms with Crippen molar-refractivity contribution in [3.05, 3.63) is 30.1 Å². The zero-order valence-electron chi connectivity index (χ0n) is 6.64. The number of amides is 1. The van der Waals surface area contributed by atoms with E-state index in [1.165, 1.54) is 6.21 Å². The molecular weight excluding hydrogens is 174 g/mol. The van der Waals surface area contributed by atoms with Crippen LogP contribution in [0.25, 0.3) is 0 Å². The Hall–Kier alpha value is -1.95. The van der Waals surface area contributed by atoms with Crippen molar-refractivity contribution in [3.63, 3.8) is 0 Å². The third-order valence-corrected chi connectivity index (χ3v) is 1.08. The van der Waals surface area contributed by atoms with Crippen LogP contribution in [0, 0.1) is 0 Å². The van der Waals surface area contributed by atoms with E-state index < -0.39 is 6.09 Å². The summed E-state index contributed by atoms with van der Waals surface area (Å²) in [5, 5.41) is 11.6. The van der Waals surface area contributed by atoms with Crippen LogP contribution >= 0.6 is 0 Å². The molecule has 1 aromatic heterocycles. The van der Waals surface area contributed by atoms with E-state index in [0.29, 0.717) is 0 Å². The summed E-state index contributed by atoms with van der Waals surface area (Å²) >= 11 is 0. The van der Waals surface area contributed by atoms with Crippen molar-refractivity contribution in [2.75, 3.05) is 0 Å². The zero-order valence-corrected chi connectivity index (χ0v) is 6.64. The van der Waals surface area contributed by atoms with Crippen molar-refractivity contribution in [2.24, 2.45) is 5.10 Å². The van der Waals surface area contributed by atoms with Gasteiger partial charge in [-0.25, -0.2) is 10.2 Å². The van der Waals surface area contributed by atoms with Gasteiger partial charge in [0.25, 0.3) is 0 Å². The second-order valence-corrected chi connectivity index (χ2v) is 1.96. The van der Waals surface area contributed by atoms with Crippen molar-refractivity contribution in [3.8, 4) is 0 Å². The molecule has 0 bridgehead atoms. The highest BCUT2D eigenvalue weighted by molar-refractivity contribution is 5.80. The highest BCUT2D eigenvalue weighted by Crippen LogP contribution is 1.89. The molecule has 1 rings (SSSR count). The third-order valence-electron chi connectivity index (χ3n) is 1.08. The van der Waals surface area contributed by atoms with Gasteiger partial charge in [0.2, 0.25) is 0 Å². The van der Waals surface area contributed by atoms with Crippen LogP contribution in [-0.4, -0.2) is 27.9 Å². The summed E-state index contributed by atoms with van der Waals surface area (Å²) in [5.74, 6) is 0. The molecule has 6 nitrogen and oxygen atoms in total. The summed E-state index contributed by atoms with van der Waals surface area (Å²) in [5.41, 5.74) is 2.65. The molecule has 0 fully saturated rings. The van der Waals surface area contributed by atoms with Gasteiger partial charge in [0.1, 0.15) is 0 Å². The first kappa shape index (κ1) is 11.1. The average Bonchev–Trinajstić information content (AvgIpc) is 2.05. The second kappa shape index (κ2) is 5.67. The molecule has 0 saturated carbocycles. The lowest BCUT2D eigenvalue weighted by Crippen LogP contribution is -2.13. The standard InChI is InChI=1S/C7H7N3O2.H2O/c11-7(12)10-9-5-6-1-3-8-4-2-6;/h1-5,10H,(H,11,12);1H2/b9-5+;. The Balaban J connectivity index is 0.00000144. The first-order chi connectivity index (χ1) is 5.79. The second-order valence-electron chi connectivity index (χ2n) is 1.96. The van der Waals surface area contributed by atoms with Crippen LogP contribution in [0.15, 0.2) is 29.6 Å². The topological polar surface area (TPSA) is 106 Å². The van der Waals surface area contributed by atoms with E-state index in [1.807, 2.05) is 5.43 Å². The Morgan fingerprint density at radius 1 is 1.54 bits per heavy atom. The van der Waals surface area contributed by atoms with Crippen molar-refractivity contribution in [1.29, 1.82) is 0 Å². The average molecular weight is 183 g/mol. The van der Waals surface area contributed by atoms with E-state index >= 15 is 0 Å². The first-order valence-corrected chi connectivity index (χ1v) is 3.21. The summed E-state index contributed by atoms with van der Waals surface area (Å²) in [6.45, 7) is 0. The molecule has 0 unspecified atom stereocenters. The minimum absolute atomic E-state index is 0. The van der Waals surface area contributed by atoms with Crippen LogP contribution < -0.4 is 5.43 Å². The number of nitrogens with one attached hydrogen (secondary N) is 1. The van der Waals surface area contributed by atoms with Crippen LogP contribution in [0.4, 0.5) is 4.79 Å². The quantitative estimate of drug-likeness (QED) is 0.492. The van der Waals surface area contributed by atoms with Crippen molar-refractivity contribution >= 4 is 12.3 Å². The Labute approximate surface area is 74.2 Å². The molecule has 4 N–H and O–H groups in total. The molecule has 1 aromatic rings. The Kier molecular flexibility index (Phi) is 4.82. The van der Waals surface area contributed by atoms with Crippen molar-refractivity contribution in [2.45, 2.75) is 0 Å². The molecule has 13 heavy (non-hydrogen) atoms. The number of hydrogen-bond acceptors (Lipinski definition) is 3. The smallest absolute Gasteiger partial charge is 0.425 e. The van der Waals surface area contributed by atoms with E-state index in [2.05, 4.69) is 10.1 Å². The molecule has 0 saturated heterocycles. The molecule has 0 aromatic carbocycles. The van der Waals surface area contributed by atoms with E-state index in [4.69, 9.17) is 5.11 Å². The molecule has 0 atom stereocenters. The van der Waals surface area contributed by atoms with E-state index in [1.54, 1.807) is 24.5 Å². The van der Waals surface area contributed by atoms with Gasteiger partial charge in [0.05, 0.1) is 6.21 Å². The Morgan fingerprint density at radius 3 is 2.69 bits per heavy atom. The lowest BCUT2D eigenvalue weighted by atomic mass is 10.3. The molecule has 0 radical (unpaired) electrons. The molecule has 1 amide bonds. The van der Waals surface area contributed by atoms with Crippen LogP contribution in [0.5, 0.6) is 0 Å². The van der Waals surface area contributed by atoms with Gasteiger partial charge in [-0.1, -0.05) is 0 Å². The Bertz CT molecular complexity index is 286. The number of rotatable bonds is 2. The third kappa shape index (κ3) is 4.49. The number of nitrogens with zero attached hydrogens (tertiary/aromatic N) is 2. The zero-order chi connectivity index (χ0) is 8.81. The van der Waals surface area contributed by atoms with Gasteiger partial charge in [-0.05, 0) is 17.7 Å². The predicted molar refractivity (Wildman–Crippen MR) is 46.6 cm³/mol. The Morgan fingerprint density at radius 2 is 2.15 bits per heavy atom. The van der Waals surface area contributed by atoms with Crippen LogP contribution in [0.1, 0.15) is 5.56 Å². The summed E-state index contributed by atoms with van der Waals surface area (Å²) in [6, 6.07) is 3.43. The molecule has 6 heteroatoms. The molecule has 0 spiro atoms. The summed E-state index contributed by atoms with van der Waals surface area (Å²) in [4.78, 5) is 13.7. The highest BCUT2D eigenvalue weighted by atomic mass is 16.4. The molecular formula is C7H9N3O3. The van der Waals surface area contributed by atoms with Crippen molar-refractivity contribution in [1.82, 2.24) is 10.4 Å². The van der Waals surface area contributed by atoms with Gasteiger partial charge < -0.3 is 10.6 Å². The van der Waals surface area contributed by atoms with E-state index in [9.17, 15) is 4.79 Å². The van der Waals surface area contributed by atoms with Crippen LogP contribution in [0.3, 0.4) is 0 Å². The summed E-state index contributed by atoms with van der Waals surface area (Å²) < 4.78 is 0. The normalized spacial score (nSPS) is 9.23. The van der Waals surface area contributed by atoms with Gasteiger partial charge >= 0.3 is 6.09 Å². The number of pyridine rings is 1. The number of carbonyl (C=O) groups is 1. The minimum Gasteiger partial charge on any atom is -0.464 e. The molecule has 0 aliphatic carbocycles. The molecule has 0 aliphatic rings. The number of hydrogen-bond donors (Lipinski definition) is 2. The number of hydrazone groups is 1.